The molecule has 3 rings (SSSR count). The van der Waals surface area contributed by atoms with Gasteiger partial charge in [0.25, 0.3) is 5.91 Å². The number of aromatic nitrogens is 2. The van der Waals surface area contributed by atoms with Gasteiger partial charge in [-0.1, -0.05) is 25.1 Å². The first-order chi connectivity index (χ1) is 11.7. The summed E-state index contributed by atoms with van der Waals surface area (Å²) in [5.74, 6) is 0.685. The number of hydrogen-bond acceptors (Lipinski definition) is 3. The number of nitrogens with one attached hydrogen (secondary N) is 1. The molecule has 0 saturated carbocycles. The summed E-state index contributed by atoms with van der Waals surface area (Å²) in [6.07, 6.45) is 4.54. The van der Waals surface area contributed by atoms with Crippen LogP contribution in [0.2, 0.25) is 0 Å². The number of likely N-dealkylation sites (tertiary alicyclic amines) is 1. The molecule has 1 fully saturated rings. The van der Waals surface area contributed by atoms with E-state index < -0.39 is 0 Å². The first kappa shape index (κ1) is 17.0. The van der Waals surface area contributed by atoms with Crippen molar-refractivity contribution in [3.8, 4) is 0 Å². The summed E-state index contributed by atoms with van der Waals surface area (Å²) in [6, 6.07) is 7.99. The lowest BCUT2D eigenvalue weighted by Crippen LogP contribution is -2.32. The van der Waals surface area contributed by atoms with Crippen LogP contribution in [0.1, 0.15) is 43.1 Å². The van der Waals surface area contributed by atoms with Crippen molar-refractivity contribution in [1.82, 2.24) is 20.0 Å². The fourth-order valence-electron chi connectivity index (χ4n) is 3.50. The number of nitrogens with zero attached hydrogens (tertiary/aromatic N) is 3. The maximum absolute atomic E-state index is 12.6. The van der Waals surface area contributed by atoms with Crippen molar-refractivity contribution in [3.05, 3.63) is 30.0 Å². The predicted octanol–water partition coefficient (Wildman–Crippen LogP) is 2.91. The largest absolute Gasteiger partial charge is 0.351 e. The van der Waals surface area contributed by atoms with Gasteiger partial charge in [0.1, 0.15) is 0 Å². The van der Waals surface area contributed by atoms with Gasteiger partial charge in [-0.15, -0.1) is 0 Å². The van der Waals surface area contributed by atoms with Crippen LogP contribution >= 0.6 is 0 Å². The molecule has 1 aromatic heterocycles. The first-order valence-corrected chi connectivity index (χ1v) is 9.11. The molecule has 0 unspecified atom stereocenters. The zero-order valence-corrected chi connectivity index (χ0v) is 14.8. The summed E-state index contributed by atoms with van der Waals surface area (Å²) in [7, 11) is 2.18. The third kappa shape index (κ3) is 3.78. The molecule has 0 radical (unpaired) electrons. The molecule has 1 aliphatic rings. The second-order valence-electron chi connectivity index (χ2n) is 6.88. The fourth-order valence-corrected chi connectivity index (χ4v) is 3.50. The third-order valence-corrected chi connectivity index (χ3v) is 4.98. The average molecular weight is 328 g/mol. The molecular formula is C19H28N4O. The molecule has 1 N–H and O–H groups in total. The molecule has 5 nitrogen and oxygen atoms in total. The number of amides is 1. The summed E-state index contributed by atoms with van der Waals surface area (Å²) in [5.41, 5.74) is 1.60. The van der Waals surface area contributed by atoms with Gasteiger partial charge in [-0.3, -0.25) is 9.48 Å². The highest BCUT2D eigenvalue weighted by Crippen LogP contribution is 2.20. The molecule has 0 atom stereocenters. The number of benzene rings is 1. The molecule has 0 spiro atoms. The fraction of sp³-hybridized carbons (Fsp3) is 0.579. The molecule has 2 aromatic rings. The van der Waals surface area contributed by atoms with Crippen LogP contribution in [-0.2, 0) is 6.54 Å². The van der Waals surface area contributed by atoms with E-state index in [1.807, 2.05) is 28.9 Å². The molecular weight excluding hydrogens is 300 g/mol. The molecule has 1 saturated heterocycles. The van der Waals surface area contributed by atoms with E-state index in [0.717, 1.165) is 42.8 Å². The van der Waals surface area contributed by atoms with Crippen LogP contribution in [0.4, 0.5) is 0 Å². The molecule has 1 amide bonds. The van der Waals surface area contributed by atoms with Gasteiger partial charge in [0, 0.05) is 18.5 Å². The van der Waals surface area contributed by atoms with Gasteiger partial charge >= 0.3 is 0 Å². The Balaban J connectivity index is 1.61. The Kier molecular flexibility index (Phi) is 5.51. The van der Waals surface area contributed by atoms with Crippen LogP contribution in [0.5, 0.6) is 0 Å². The Labute approximate surface area is 144 Å². The number of fused-ring (bicyclic) bond motifs is 1. The topological polar surface area (TPSA) is 50.2 Å². The van der Waals surface area contributed by atoms with E-state index >= 15 is 0 Å². The van der Waals surface area contributed by atoms with E-state index in [1.165, 1.54) is 25.9 Å². The van der Waals surface area contributed by atoms with Crippen molar-refractivity contribution in [3.63, 3.8) is 0 Å². The van der Waals surface area contributed by atoms with Crippen LogP contribution in [-0.4, -0.2) is 47.3 Å². The minimum atomic E-state index is -0.0472. The van der Waals surface area contributed by atoms with Gasteiger partial charge in [0.05, 0.1) is 5.52 Å². The third-order valence-electron chi connectivity index (χ3n) is 4.98. The smallest absolute Gasteiger partial charge is 0.272 e. The van der Waals surface area contributed by atoms with Crippen molar-refractivity contribution in [2.45, 2.75) is 39.2 Å². The molecule has 24 heavy (non-hydrogen) atoms. The molecule has 2 heterocycles. The van der Waals surface area contributed by atoms with Gasteiger partial charge in [-0.2, -0.15) is 5.10 Å². The van der Waals surface area contributed by atoms with E-state index in [2.05, 4.69) is 29.3 Å². The van der Waals surface area contributed by atoms with Crippen molar-refractivity contribution < 1.29 is 4.79 Å². The second-order valence-corrected chi connectivity index (χ2v) is 6.88. The maximum Gasteiger partial charge on any atom is 0.272 e. The number of carbonyl (C=O) groups is 1. The highest BCUT2D eigenvalue weighted by Gasteiger charge is 2.19. The number of para-hydroxylation sites is 1. The minimum Gasteiger partial charge on any atom is -0.351 e. The summed E-state index contributed by atoms with van der Waals surface area (Å²) in [6.45, 7) is 6.04. The Hall–Kier alpha value is -1.88. The van der Waals surface area contributed by atoms with E-state index in [9.17, 15) is 4.79 Å². The Bertz CT molecular complexity index is 686. The number of piperidine rings is 1. The van der Waals surface area contributed by atoms with Crippen LogP contribution in [0.15, 0.2) is 24.3 Å². The molecule has 5 heteroatoms. The monoisotopic (exact) mass is 328 g/mol. The highest BCUT2D eigenvalue weighted by molar-refractivity contribution is 6.04. The quantitative estimate of drug-likeness (QED) is 0.887. The second kappa shape index (κ2) is 7.79. The normalized spacial score (nSPS) is 16.6. The number of aryl methyl sites for hydroxylation is 1. The predicted molar refractivity (Wildman–Crippen MR) is 97.2 cm³/mol. The van der Waals surface area contributed by atoms with Crippen LogP contribution in [0.25, 0.3) is 10.9 Å². The highest BCUT2D eigenvalue weighted by atomic mass is 16.1. The summed E-state index contributed by atoms with van der Waals surface area (Å²) in [5, 5.41) is 8.58. The van der Waals surface area contributed by atoms with Crippen LogP contribution in [0, 0.1) is 5.92 Å². The first-order valence-electron chi connectivity index (χ1n) is 9.11. The SMILES string of the molecule is CCCn1nc(C(=O)NCCC2CCN(C)CC2)c2ccccc21. The molecule has 0 aliphatic carbocycles. The number of carbonyl (C=O) groups excluding carboxylic acids is 1. The standard InChI is InChI=1S/C19H28N4O/c1-3-12-23-17-7-5-4-6-16(17)18(21-23)19(24)20-11-8-15-9-13-22(2)14-10-15/h4-7,15H,3,8-14H2,1-2H3,(H,20,24). The summed E-state index contributed by atoms with van der Waals surface area (Å²) < 4.78 is 1.95. The summed E-state index contributed by atoms with van der Waals surface area (Å²) in [4.78, 5) is 15.0. The number of rotatable bonds is 6. The van der Waals surface area contributed by atoms with Crippen LogP contribution in [0.3, 0.4) is 0 Å². The maximum atomic E-state index is 12.6. The lowest BCUT2D eigenvalue weighted by atomic mass is 9.94. The van der Waals surface area contributed by atoms with E-state index in [-0.39, 0.29) is 5.91 Å². The average Bonchev–Trinajstić information content (AvgIpc) is 2.96. The number of hydrogen-bond donors (Lipinski definition) is 1. The lowest BCUT2D eigenvalue weighted by molar-refractivity contribution is 0.0944. The zero-order chi connectivity index (χ0) is 16.9. The molecule has 1 aromatic carbocycles. The Morgan fingerprint density at radius 1 is 1.29 bits per heavy atom. The lowest BCUT2D eigenvalue weighted by Gasteiger charge is -2.28. The van der Waals surface area contributed by atoms with Crippen molar-refractivity contribution in [2.75, 3.05) is 26.7 Å². The van der Waals surface area contributed by atoms with Crippen molar-refractivity contribution in [2.24, 2.45) is 5.92 Å². The van der Waals surface area contributed by atoms with E-state index in [4.69, 9.17) is 0 Å². The van der Waals surface area contributed by atoms with Crippen LogP contribution < -0.4 is 5.32 Å². The molecule has 0 bridgehead atoms. The van der Waals surface area contributed by atoms with Gasteiger partial charge in [0.15, 0.2) is 5.69 Å². The summed E-state index contributed by atoms with van der Waals surface area (Å²) >= 11 is 0. The minimum absolute atomic E-state index is 0.0472. The van der Waals surface area contributed by atoms with E-state index in [0.29, 0.717) is 5.69 Å². The van der Waals surface area contributed by atoms with Gasteiger partial charge in [-0.25, -0.2) is 0 Å². The van der Waals surface area contributed by atoms with Gasteiger partial charge in [-0.05, 0) is 57.8 Å². The molecule has 130 valence electrons. The van der Waals surface area contributed by atoms with Crippen molar-refractivity contribution in [1.29, 1.82) is 0 Å². The van der Waals surface area contributed by atoms with E-state index in [1.54, 1.807) is 0 Å². The van der Waals surface area contributed by atoms with Gasteiger partial charge in [0.2, 0.25) is 0 Å². The Morgan fingerprint density at radius 3 is 2.79 bits per heavy atom. The van der Waals surface area contributed by atoms with Crippen molar-refractivity contribution >= 4 is 16.8 Å². The molecule has 1 aliphatic heterocycles. The zero-order valence-electron chi connectivity index (χ0n) is 14.8. The van der Waals surface area contributed by atoms with Gasteiger partial charge < -0.3 is 10.2 Å². The Morgan fingerprint density at radius 2 is 2.04 bits per heavy atom.